The van der Waals surface area contributed by atoms with Gasteiger partial charge in [0.05, 0.1) is 19.9 Å². The molecule has 0 fully saturated rings. The van der Waals surface area contributed by atoms with E-state index in [0.717, 1.165) is 47.1 Å². The first-order chi connectivity index (χ1) is 15.2. The van der Waals surface area contributed by atoms with Crippen LogP contribution in [0.25, 0.3) is 6.08 Å². The molecule has 2 aliphatic heterocycles. The zero-order valence-electron chi connectivity index (χ0n) is 19.1. The number of hydrogen-bond donors (Lipinski definition) is 0. The summed E-state index contributed by atoms with van der Waals surface area (Å²) < 4.78 is 22.1. The second-order valence-electron chi connectivity index (χ2n) is 8.01. The van der Waals surface area contributed by atoms with Crippen LogP contribution in [0.3, 0.4) is 0 Å². The zero-order valence-corrected chi connectivity index (χ0v) is 19.9. The van der Waals surface area contributed by atoms with Gasteiger partial charge in [-0.1, -0.05) is 44.7 Å². The Morgan fingerprint density at radius 3 is 2.50 bits per heavy atom. The van der Waals surface area contributed by atoms with Gasteiger partial charge in [-0.25, -0.2) is 0 Å². The van der Waals surface area contributed by atoms with Crippen LogP contribution in [-0.2, 0) is 0 Å². The maximum Gasteiger partial charge on any atom is 0.231 e. The average molecular weight is 458 g/mol. The number of nitrogens with zero attached hydrogens (tertiary/aromatic N) is 1. The highest BCUT2D eigenvalue weighted by Crippen LogP contribution is 2.41. The van der Waals surface area contributed by atoms with Crippen LogP contribution < -0.4 is 18.9 Å². The van der Waals surface area contributed by atoms with Gasteiger partial charge in [0.25, 0.3) is 0 Å². The van der Waals surface area contributed by atoms with Gasteiger partial charge in [0.1, 0.15) is 0 Å². The van der Waals surface area contributed by atoms with E-state index in [0.29, 0.717) is 11.7 Å². The smallest absolute Gasteiger partial charge is 0.231 e. The van der Waals surface area contributed by atoms with E-state index in [1.54, 1.807) is 14.2 Å². The number of ether oxygens (including phenoxy) is 4. The Hall–Kier alpha value is -2.66. The van der Waals surface area contributed by atoms with E-state index >= 15 is 0 Å². The summed E-state index contributed by atoms with van der Waals surface area (Å²) in [6, 6.07) is 10.2. The van der Waals surface area contributed by atoms with Gasteiger partial charge in [0, 0.05) is 18.0 Å². The van der Waals surface area contributed by atoms with Gasteiger partial charge in [-0.2, -0.15) is 0 Å². The maximum absolute atomic E-state index is 5.66. The minimum atomic E-state index is 0. The molecule has 2 aromatic carbocycles. The van der Waals surface area contributed by atoms with Gasteiger partial charge in [-0.15, -0.1) is 12.4 Å². The van der Waals surface area contributed by atoms with Crippen LogP contribution in [0.5, 0.6) is 23.0 Å². The normalized spacial score (nSPS) is 16.3. The van der Waals surface area contributed by atoms with Crippen molar-refractivity contribution in [2.75, 3.05) is 27.6 Å². The second kappa shape index (κ2) is 11.3. The van der Waals surface area contributed by atoms with Crippen molar-refractivity contribution >= 4 is 24.2 Å². The molecular weight excluding hydrogens is 426 g/mol. The van der Waals surface area contributed by atoms with Crippen LogP contribution in [0.2, 0.25) is 0 Å². The summed E-state index contributed by atoms with van der Waals surface area (Å²) in [5.74, 6) is 3.52. The highest BCUT2D eigenvalue weighted by Gasteiger charge is 2.26. The molecule has 5 nitrogen and oxygen atoms in total. The quantitative estimate of drug-likeness (QED) is 0.407. The van der Waals surface area contributed by atoms with Crippen molar-refractivity contribution in [3.63, 3.8) is 0 Å². The largest absolute Gasteiger partial charge is 0.493 e. The molecular formula is C26H32ClNO4. The fourth-order valence-electron chi connectivity index (χ4n) is 4.25. The number of fused-ring (bicyclic) bond motifs is 2. The van der Waals surface area contributed by atoms with Crippen LogP contribution in [0.15, 0.2) is 41.4 Å². The average Bonchev–Trinajstić information content (AvgIpc) is 3.27. The molecule has 0 saturated carbocycles. The molecule has 1 atom stereocenters. The minimum absolute atomic E-state index is 0. The van der Waals surface area contributed by atoms with E-state index in [1.807, 2.05) is 18.2 Å². The van der Waals surface area contributed by atoms with Gasteiger partial charge in [0.2, 0.25) is 6.79 Å². The fraction of sp³-hybridized carbons (Fsp3) is 0.423. The molecule has 4 rings (SSSR count). The molecule has 1 unspecified atom stereocenters. The highest BCUT2D eigenvalue weighted by atomic mass is 35.5. The fourth-order valence-corrected chi connectivity index (χ4v) is 4.25. The van der Waals surface area contributed by atoms with Gasteiger partial charge in [0.15, 0.2) is 23.0 Å². The molecule has 172 valence electrons. The Labute approximate surface area is 196 Å². The minimum Gasteiger partial charge on any atom is -0.493 e. The van der Waals surface area contributed by atoms with E-state index in [4.69, 9.17) is 23.9 Å². The van der Waals surface area contributed by atoms with Gasteiger partial charge >= 0.3 is 0 Å². The Bertz CT molecular complexity index is 986. The lowest BCUT2D eigenvalue weighted by atomic mass is 9.85. The van der Waals surface area contributed by atoms with E-state index in [9.17, 15) is 0 Å². The van der Waals surface area contributed by atoms with Crippen molar-refractivity contribution in [1.82, 2.24) is 0 Å². The number of methoxy groups -OCH3 is 2. The number of unbranched alkanes of at least 4 members (excludes halogenated alkanes) is 3. The predicted octanol–water partition coefficient (Wildman–Crippen LogP) is 6.42. The topological polar surface area (TPSA) is 49.3 Å². The summed E-state index contributed by atoms with van der Waals surface area (Å²) in [6.45, 7) is 3.34. The van der Waals surface area contributed by atoms with E-state index in [1.165, 1.54) is 31.2 Å². The van der Waals surface area contributed by atoms with E-state index in [-0.39, 0.29) is 19.2 Å². The van der Waals surface area contributed by atoms with Crippen LogP contribution in [0.4, 0.5) is 0 Å². The second-order valence-corrected chi connectivity index (χ2v) is 8.01. The summed E-state index contributed by atoms with van der Waals surface area (Å²) in [6.07, 6.45) is 10.4. The Morgan fingerprint density at radius 2 is 1.75 bits per heavy atom. The Morgan fingerprint density at radius 1 is 0.969 bits per heavy atom. The molecule has 0 aromatic heterocycles. The number of allylic oxidation sites excluding steroid dienone is 1. The molecule has 0 aliphatic carbocycles. The summed E-state index contributed by atoms with van der Waals surface area (Å²) in [7, 11) is 3.29. The third kappa shape index (κ3) is 5.21. The van der Waals surface area contributed by atoms with Crippen LogP contribution in [-0.4, -0.2) is 33.3 Å². The van der Waals surface area contributed by atoms with Gasteiger partial charge in [-0.3, -0.25) is 4.99 Å². The number of rotatable bonds is 9. The van der Waals surface area contributed by atoms with Crippen molar-refractivity contribution in [3.8, 4) is 23.0 Å². The van der Waals surface area contributed by atoms with Gasteiger partial charge < -0.3 is 18.9 Å². The number of benzene rings is 2. The molecule has 2 heterocycles. The number of aliphatic imine (C=N–C) groups is 1. The highest BCUT2D eigenvalue weighted by molar-refractivity contribution is 6.12. The molecule has 2 aliphatic rings. The molecule has 0 radical (unpaired) electrons. The molecule has 32 heavy (non-hydrogen) atoms. The zero-order chi connectivity index (χ0) is 21.6. The molecule has 6 heteroatoms. The Kier molecular flexibility index (Phi) is 8.46. The lowest BCUT2D eigenvalue weighted by Gasteiger charge is -2.24. The van der Waals surface area contributed by atoms with Crippen molar-refractivity contribution in [2.45, 2.75) is 44.9 Å². The molecule has 0 amide bonds. The Balaban J connectivity index is 0.00000289. The van der Waals surface area contributed by atoms with Crippen molar-refractivity contribution in [1.29, 1.82) is 0 Å². The first kappa shape index (κ1) is 24.0. The molecule has 0 spiro atoms. The number of halogens is 1. The lowest BCUT2D eigenvalue weighted by Crippen LogP contribution is -2.16. The standard InChI is InChI=1S/C26H31NO4.ClH/c1-4-5-6-7-8-19-16-27-22(21-15-26-25(14-20(19)21)30-17-31-26)11-9-18-10-12-23(28-2)24(13-18)29-3;/h9-15,19H,4-8,16-17H2,1-3H3;1H. The van der Waals surface area contributed by atoms with Crippen LogP contribution >= 0.6 is 12.4 Å². The van der Waals surface area contributed by atoms with E-state index < -0.39 is 0 Å². The third-order valence-corrected chi connectivity index (χ3v) is 5.99. The monoisotopic (exact) mass is 457 g/mol. The molecule has 2 aromatic rings. The van der Waals surface area contributed by atoms with Crippen molar-refractivity contribution in [3.05, 3.63) is 53.1 Å². The van der Waals surface area contributed by atoms with Crippen molar-refractivity contribution < 1.29 is 18.9 Å². The predicted molar refractivity (Wildman–Crippen MR) is 131 cm³/mol. The van der Waals surface area contributed by atoms with Gasteiger partial charge in [-0.05, 0) is 47.9 Å². The lowest BCUT2D eigenvalue weighted by molar-refractivity contribution is 0.174. The molecule has 0 bridgehead atoms. The molecule has 0 saturated heterocycles. The number of hydrogen-bond acceptors (Lipinski definition) is 5. The summed E-state index contributed by atoms with van der Waals surface area (Å²) in [4.78, 5) is 4.95. The first-order valence-electron chi connectivity index (χ1n) is 11.1. The summed E-state index contributed by atoms with van der Waals surface area (Å²) in [5.41, 5.74) is 4.48. The maximum atomic E-state index is 5.66. The summed E-state index contributed by atoms with van der Waals surface area (Å²) >= 11 is 0. The van der Waals surface area contributed by atoms with Crippen molar-refractivity contribution in [2.24, 2.45) is 4.99 Å². The van der Waals surface area contributed by atoms with Crippen LogP contribution in [0.1, 0.15) is 61.6 Å². The molecule has 0 N–H and O–H groups in total. The summed E-state index contributed by atoms with van der Waals surface area (Å²) in [5, 5.41) is 0. The van der Waals surface area contributed by atoms with E-state index in [2.05, 4.69) is 31.2 Å². The first-order valence-corrected chi connectivity index (χ1v) is 11.1. The third-order valence-electron chi connectivity index (χ3n) is 5.99. The van der Waals surface area contributed by atoms with Crippen LogP contribution in [0, 0.1) is 0 Å². The SMILES string of the molecule is CCCCCCC1CN=C(C=Cc2ccc(OC)c(OC)c2)c2cc3c(cc21)OCO3.Cl.